The lowest BCUT2D eigenvalue weighted by Gasteiger charge is -2.43. The molecule has 2 unspecified atom stereocenters. The molecule has 22 heavy (non-hydrogen) atoms. The Labute approximate surface area is 137 Å². The molecule has 2 aromatic rings. The third-order valence-corrected chi connectivity index (χ3v) is 4.78. The van der Waals surface area contributed by atoms with E-state index in [2.05, 4.69) is 55.7 Å². The summed E-state index contributed by atoms with van der Waals surface area (Å²) in [5.41, 5.74) is 4.73. The zero-order valence-corrected chi connectivity index (χ0v) is 14.2. The highest BCUT2D eigenvalue weighted by molar-refractivity contribution is 6.31. The Balaban J connectivity index is 2.05. The monoisotopic (exact) mass is 314 g/mol. The number of hydrogen-bond donors (Lipinski definition) is 2. The molecule has 2 aromatic carbocycles. The van der Waals surface area contributed by atoms with Crippen LogP contribution in [0.5, 0.6) is 0 Å². The van der Waals surface area contributed by atoms with Crippen LogP contribution in [0, 0.1) is 0 Å². The topological polar surface area (TPSA) is 24.1 Å². The molecule has 1 heterocycles. The third-order valence-electron chi connectivity index (χ3n) is 4.45. The first-order valence-electron chi connectivity index (χ1n) is 7.98. The van der Waals surface area contributed by atoms with E-state index in [1.807, 2.05) is 18.2 Å². The summed E-state index contributed by atoms with van der Waals surface area (Å²) in [5.74, 6) is 0. The molecule has 0 fully saturated rings. The van der Waals surface area contributed by atoms with Crippen molar-refractivity contribution in [3.05, 3.63) is 64.2 Å². The number of hydrogen-bond acceptors (Lipinski definition) is 2. The molecule has 3 rings (SSSR count). The first-order valence-corrected chi connectivity index (χ1v) is 8.35. The molecule has 0 saturated carbocycles. The van der Waals surface area contributed by atoms with Crippen LogP contribution in [-0.2, 0) is 12.1 Å². The second kappa shape index (κ2) is 5.94. The van der Waals surface area contributed by atoms with Crippen LogP contribution in [-0.4, -0.2) is 0 Å². The molecule has 1 aliphatic rings. The standard InChI is InChI=1S/C19H23ClN2/c1-4-8-14-9-7-12-17-18(14)13(2)21-19(3,22-17)15-10-5-6-11-16(15)20/h5-7,9-13,21-22H,4,8H2,1-3H3. The fourth-order valence-corrected chi connectivity index (χ4v) is 3.87. The highest BCUT2D eigenvalue weighted by Gasteiger charge is 2.36. The van der Waals surface area contributed by atoms with Gasteiger partial charge in [0.15, 0.2) is 0 Å². The summed E-state index contributed by atoms with van der Waals surface area (Å²) >= 11 is 6.42. The number of rotatable bonds is 3. The van der Waals surface area contributed by atoms with Crippen LogP contribution in [0.3, 0.4) is 0 Å². The van der Waals surface area contributed by atoms with Gasteiger partial charge in [0, 0.05) is 22.3 Å². The molecule has 0 amide bonds. The van der Waals surface area contributed by atoms with Crippen molar-refractivity contribution in [2.24, 2.45) is 0 Å². The van der Waals surface area contributed by atoms with Crippen LogP contribution in [0.4, 0.5) is 5.69 Å². The van der Waals surface area contributed by atoms with Crippen molar-refractivity contribution >= 4 is 17.3 Å². The van der Waals surface area contributed by atoms with Gasteiger partial charge in [-0.1, -0.05) is 55.3 Å². The largest absolute Gasteiger partial charge is 0.363 e. The smallest absolute Gasteiger partial charge is 0.114 e. The van der Waals surface area contributed by atoms with Gasteiger partial charge in [0.25, 0.3) is 0 Å². The number of nitrogens with one attached hydrogen (secondary N) is 2. The van der Waals surface area contributed by atoms with E-state index in [9.17, 15) is 0 Å². The molecule has 1 aliphatic heterocycles. The molecule has 0 saturated heterocycles. The maximum atomic E-state index is 6.42. The van der Waals surface area contributed by atoms with E-state index in [1.165, 1.54) is 16.8 Å². The highest BCUT2D eigenvalue weighted by Crippen LogP contribution is 2.40. The van der Waals surface area contributed by atoms with Gasteiger partial charge in [-0.25, -0.2) is 0 Å². The minimum Gasteiger partial charge on any atom is -0.363 e. The van der Waals surface area contributed by atoms with Crippen LogP contribution in [0.25, 0.3) is 0 Å². The number of aryl methyl sites for hydroxylation is 1. The van der Waals surface area contributed by atoms with E-state index in [0.717, 1.165) is 23.4 Å². The summed E-state index contributed by atoms with van der Waals surface area (Å²) in [6.07, 6.45) is 2.27. The van der Waals surface area contributed by atoms with Crippen molar-refractivity contribution in [1.29, 1.82) is 0 Å². The molecular formula is C19H23ClN2. The molecule has 3 heteroatoms. The van der Waals surface area contributed by atoms with E-state index in [1.54, 1.807) is 0 Å². The Kier molecular flexibility index (Phi) is 4.16. The summed E-state index contributed by atoms with van der Waals surface area (Å²) in [5, 5.41) is 8.16. The minimum absolute atomic E-state index is 0.278. The quantitative estimate of drug-likeness (QED) is 0.809. The van der Waals surface area contributed by atoms with Gasteiger partial charge in [-0.05, 0) is 43.5 Å². The van der Waals surface area contributed by atoms with Crippen molar-refractivity contribution in [1.82, 2.24) is 5.32 Å². The van der Waals surface area contributed by atoms with Gasteiger partial charge in [0.2, 0.25) is 0 Å². The minimum atomic E-state index is -0.365. The second-order valence-electron chi connectivity index (χ2n) is 6.22. The van der Waals surface area contributed by atoms with Crippen LogP contribution in [0.15, 0.2) is 42.5 Å². The molecule has 0 spiro atoms. The molecule has 0 aromatic heterocycles. The Morgan fingerprint density at radius 1 is 1.14 bits per heavy atom. The zero-order valence-electron chi connectivity index (χ0n) is 13.4. The Bertz CT molecular complexity index is 683. The molecule has 0 bridgehead atoms. The predicted octanol–water partition coefficient (Wildman–Crippen LogP) is 5.24. The second-order valence-corrected chi connectivity index (χ2v) is 6.63. The van der Waals surface area contributed by atoms with Gasteiger partial charge >= 0.3 is 0 Å². The maximum absolute atomic E-state index is 6.42. The molecule has 0 radical (unpaired) electrons. The summed E-state index contributed by atoms with van der Waals surface area (Å²) < 4.78 is 0. The summed E-state index contributed by atoms with van der Waals surface area (Å²) in [4.78, 5) is 0. The van der Waals surface area contributed by atoms with Crippen molar-refractivity contribution in [3.8, 4) is 0 Å². The van der Waals surface area contributed by atoms with Crippen LogP contribution in [0.1, 0.15) is 49.9 Å². The highest BCUT2D eigenvalue weighted by atomic mass is 35.5. The van der Waals surface area contributed by atoms with E-state index in [0.29, 0.717) is 0 Å². The molecule has 2 N–H and O–H groups in total. The number of anilines is 1. The Hall–Kier alpha value is -1.51. The molecule has 0 aliphatic carbocycles. The van der Waals surface area contributed by atoms with E-state index < -0.39 is 0 Å². The van der Waals surface area contributed by atoms with Crippen molar-refractivity contribution in [2.75, 3.05) is 5.32 Å². The first-order chi connectivity index (χ1) is 10.5. The summed E-state index contributed by atoms with van der Waals surface area (Å²) in [6.45, 7) is 6.61. The average molecular weight is 315 g/mol. The fraction of sp³-hybridized carbons (Fsp3) is 0.368. The lowest BCUT2D eigenvalue weighted by atomic mass is 9.89. The van der Waals surface area contributed by atoms with E-state index in [-0.39, 0.29) is 11.7 Å². The molecule has 2 nitrogen and oxygen atoms in total. The predicted molar refractivity (Wildman–Crippen MR) is 94.4 cm³/mol. The van der Waals surface area contributed by atoms with Gasteiger partial charge in [-0.15, -0.1) is 0 Å². The van der Waals surface area contributed by atoms with E-state index in [4.69, 9.17) is 11.6 Å². The SMILES string of the molecule is CCCc1cccc2c1C(C)NC(C)(c1ccccc1Cl)N2. The van der Waals surface area contributed by atoms with Gasteiger partial charge in [0.1, 0.15) is 5.66 Å². The first kappa shape index (κ1) is 15.4. The van der Waals surface area contributed by atoms with Gasteiger partial charge in [0.05, 0.1) is 0 Å². The van der Waals surface area contributed by atoms with Crippen molar-refractivity contribution in [2.45, 2.75) is 45.3 Å². The Morgan fingerprint density at radius 3 is 2.64 bits per heavy atom. The normalized spacial score (nSPS) is 23.7. The van der Waals surface area contributed by atoms with E-state index >= 15 is 0 Å². The fourth-order valence-electron chi connectivity index (χ4n) is 3.54. The van der Waals surface area contributed by atoms with Gasteiger partial charge in [-0.2, -0.15) is 0 Å². The maximum Gasteiger partial charge on any atom is 0.114 e. The van der Waals surface area contributed by atoms with Crippen molar-refractivity contribution in [3.63, 3.8) is 0 Å². The number of benzene rings is 2. The lowest BCUT2D eigenvalue weighted by molar-refractivity contribution is 0.352. The summed E-state index contributed by atoms with van der Waals surface area (Å²) in [7, 11) is 0. The van der Waals surface area contributed by atoms with Gasteiger partial charge in [-0.3, -0.25) is 5.32 Å². The molecule has 2 atom stereocenters. The van der Waals surface area contributed by atoms with Crippen LogP contribution >= 0.6 is 11.6 Å². The van der Waals surface area contributed by atoms with Crippen LogP contribution < -0.4 is 10.6 Å². The van der Waals surface area contributed by atoms with Gasteiger partial charge < -0.3 is 5.32 Å². The third kappa shape index (κ3) is 2.62. The number of fused-ring (bicyclic) bond motifs is 1. The lowest BCUT2D eigenvalue weighted by Crippen LogP contribution is -2.51. The molecule has 116 valence electrons. The zero-order chi connectivity index (χ0) is 15.7. The Morgan fingerprint density at radius 2 is 1.91 bits per heavy atom. The number of halogens is 1. The summed E-state index contributed by atoms with van der Waals surface area (Å²) in [6, 6.07) is 14.8. The average Bonchev–Trinajstić information content (AvgIpc) is 2.47. The molecular weight excluding hydrogens is 292 g/mol. The van der Waals surface area contributed by atoms with Crippen LogP contribution in [0.2, 0.25) is 5.02 Å². The van der Waals surface area contributed by atoms with Crippen molar-refractivity contribution < 1.29 is 0 Å².